The van der Waals surface area contributed by atoms with Gasteiger partial charge in [-0.25, -0.2) is 9.97 Å². The standard InChI is InChI=1S/C12H12ClN5OS/c13-7-1-3-8(4-2-7)16-11(19)6-20-12-17-9(14)5-10(15)18-12/h1-5H,6H2,(H,16,19)(H4,14,15,17,18). The Labute approximate surface area is 124 Å². The van der Waals surface area contributed by atoms with Crippen LogP contribution < -0.4 is 16.8 Å². The Morgan fingerprint density at radius 1 is 1.20 bits per heavy atom. The molecular formula is C12H12ClN5OS. The fraction of sp³-hybridized carbons (Fsp3) is 0.0833. The van der Waals surface area contributed by atoms with Crippen LogP contribution in [0.2, 0.25) is 5.02 Å². The molecular weight excluding hydrogens is 298 g/mol. The summed E-state index contributed by atoms with van der Waals surface area (Å²) in [6.07, 6.45) is 0. The lowest BCUT2D eigenvalue weighted by Gasteiger charge is -2.05. The van der Waals surface area contributed by atoms with Crippen molar-refractivity contribution in [3.05, 3.63) is 35.4 Å². The molecule has 0 fully saturated rings. The minimum Gasteiger partial charge on any atom is -0.383 e. The van der Waals surface area contributed by atoms with Crippen molar-refractivity contribution in [1.29, 1.82) is 0 Å². The molecule has 0 saturated heterocycles. The highest BCUT2D eigenvalue weighted by Crippen LogP contribution is 2.17. The van der Waals surface area contributed by atoms with Crippen molar-refractivity contribution < 1.29 is 4.79 Å². The van der Waals surface area contributed by atoms with Crippen molar-refractivity contribution in [1.82, 2.24) is 9.97 Å². The second kappa shape index (κ2) is 6.44. The van der Waals surface area contributed by atoms with Crippen molar-refractivity contribution >= 4 is 46.6 Å². The number of nitrogen functional groups attached to an aromatic ring is 2. The van der Waals surface area contributed by atoms with Gasteiger partial charge in [0.25, 0.3) is 0 Å². The van der Waals surface area contributed by atoms with E-state index in [0.29, 0.717) is 15.9 Å². The molecule has 2 rings (SSSR count). The van der Waals surface area contributed by atoms with Crippen LogP contribution in [0, 0.1) is 0 Å². The highest BCUT2D eigenvalue weighted by molar-refractivity contribution is 7.99. The Hall–Kier alpha value is -1.99. The maximum absolute atomic E-state index is 11.8. The third kappa shape index (κ3) is 4.29. The Morgan fingerprint density at radius 2 is 1.80 bits per heavy atom. The molecule has 0 bridgehead atoms. The van der Waals surface area contributed by atoms with Gasteiger partial charge >= 0.3 is 0 Å². The maximum Gasteiger partial charge on any atom is 0.234 e. The number of anilines is 3. The molecule has 0 spiro atoms. The molecule has 8 heteroatoms. The topological polar surface area (TPSA) is 107 Å². The number of aromatic nitrogens is 2. The molecule has 0 saturated carbocycles. The van der Waals surface area contributed by atoms with Gasteiger partial charge in [-0.2, -0.15) is 0 Å². The number of rotatable bonds is 4. The van der Waals surface area contributed by atoms with Crippen molar-refractivity contribution in [2.75, 3.05) is 22.5 Å². The van der Waals surface area contributed by atoms with Gasteiger partial charge in [-0.15, -0.1) is 0 Å². The third-order valence-electron chi connectivity index (χ3n) is 2.21. The van der Waals surface area contributed by atoms with Crippen molar-refractivity contribution in [2.24, 2.45) is 0 Å². The third-order valence-corrected chi connectivity index (χ3v) is 3.30. The molecule has 0 aliphatic rings. The number of amides is 1. The number of thioether (sulfide) groups is 1. The normalized spacial score (nSPS) is 10.2. The van der Waals surface area contributed by atoms with Gasteiger partial charge in [0, 0.05) is 16.8 Å². The summed E-state index contributed by atoms with van der Waals surface area (Å²) in [5, 5.41) is 3.71. The van der Waals surface area contributed by atoms with E-state index in [-0.39, 0.29) is 23.3 Å². The van der Waals surface area contributed by atoms with E-state index < -0.39 is 0 Å². The SMILES string of the molecule is Nc1cc(N)nc(SCC(=O)Nc2ccc(Cl)cc2)n1. The summed E-state index contributed by atoms with van der Waals surface area (Å²) in [6, 6.07) is 8.30. The lowest BCUT2D eigenvalue weighted by Crippen LogP contribution is -2.14. The quantitative estimate of drug-likeness (QED) is 0.589. The number of nitrogens with one attached hydrogen (secondary N) is 1. The second-order valence-electron chi connectivity index (χ2n) is 3.84. The van der Waals surface area contributed by atoms with Crippen LogP contribution in [-0.2, 0) is 4.79 Å². The molecule has 1 heterocycles. The number of halogens is 1. The van der Waals surface area contributed by atoms with E-state index >= 15 is 0 Å². The Balaban J connectivity index is 1.90. The monoisotopic (exact) mass is 309 g/mol. The first-order chi connectivity index (χ1) is 9.52. The van der Waals surface area contributed by atoms with Crippen LogP contribution in [-0.4, -0.2) is 21.6 Å². The molecule has 104 valence electrons. The molecule has 0 aliphatic carbocycles. The number of carbonyl (C=O) groups excluding carboxylic acids is 1. The maximum atomic E-state index is 11.8. The van der Waals surface area contributed by atoms with Gasteiger partial charge in [-0.1, -0.05) is 23.4 Å². The van der Waals surface area contributed by atoms with Crippen molar-refractivity contribution in [3.63, 3.8) is 0 Å². The van der Waals surface area contributed by atoms with E-state index in [0.717, 1.165) is 11.8 Å². The lowest BCUT2D eigenvalue weighted by atomic mass is 10.3. The van der Waals surface area contributed by atoms with Crippen LogP contribution in [0.5, 0.6) is 0 Å². The lowest BCUT2D eigenvalue weighted by molar-refractivity contribution is -0.113. The Bertz CT molecular complexity index is 599. The van der Waals surface area contributed by atoms with Gasteiger partial charge in [0.05, 0.1) is 5.75 Å². The van der Waals surface area contributed by atoms with Crippen molar-refractivity contribution in [2.45, 2.75) is 5.16 Å². The van der Waals surface area contributed by atoms with Gasteiger partial charge in [-0.05, 0) is 24.3 Å². The first-order valence-corrected chi connectivity index (χ1v) is 6.97. The first-order valence-electron chi connectivity index (χ1n) is 5.61. The molecule has 6 nitrogen and oxygen atoms in total. The molecule has 5 N–H and O–H groups in total. The minimum atomic E-state index is -0.179. The Morgan fingerprint density at radius 3 is 2.40 bits per heavy atom. The molecule has 1 aromatic carbocycles. The summed E-state index contributed by atoms with van der Waals surface area (Å²) >= 11 is 6.92. The predicted octanol–water partition coefficient (Wildman–Crippen LogP) is 2.03. The van der Waals surface area contributed by atoms with Crippen molar-refractivity contribution in [3.8, 4) is 0 Å². The van der Waals surface area contributed by atoms with Gasteiger partial charge in [-0.3, -0.25) is 4.79 Å². The fourth-order valence-electron chi connectivity index (χ4n) is 1.39. The highest BCUT2D eigenvalue weighted by Gasteiger charge is 2.07. The van der Waals surface area contributed by atoms with E-state index in [1.165, 1.54) is 6.07 Å². The number of carbonyl (C=O) groups is 1. The molecule has 0 atom stereocenters. The average molecular weight is 310 g/mol. The fourth-order valence-corrected chi connectivity index (χ4v) is 2.19. The van der Waals surface area contributed by atoms with Crippen LogP contribution in [0.25, 0.3) is 0 Å². The molecule has 1 aromatic heterocycles. The minimum absolute atomic E-state index is 0.158. The summed E-state index contributed by atoms with van der Waals surface area (Å²) in [7, 11) is 0. The zero-order valence-electron chi connectivity index (χ0n) is 10.3. The number of hydrogen-bond donors (Lipinski definition) is 3. The second-order valence-corrected chi connectivity index (χ2v) is 5.22. The first kappa shape index (κ1) is 14.4. The largest absolute Gasteiger partial charge is 0.383 e. The molecule has 20 heavy (non-hydrogen) atoms. The van der Waals surface area contributed by atoms with E-state index in [2.05, 4.69) is 15.3 Å². The number of nitrogens with two attached hydrogens (primary N) is 2. The van der Waals surface area contributed by atoms with Crippen LogP contribution in [0.1, 0.15) is 0 Å². The molecule has 0 unspecified atom stereocenters. The molecule has 2 aromatic rings. The van der Waals surface area contributed by atoms with Crippen LogP contribution in [0.4, 0.5) is 17.3 Å². The molecule has 0 radical (unpaired) electrons. The number of benzene rings is 1. The summed E-state index contributed by atoms with van der Waals surface area (Å²) in [4.78, 5) is 19.7. The van der Waals surface area contributed by atoms with Gasteiger partial charge in [0.1, 0.15) is 11.6 Å². The number of hydrogen-bond acceptors (Lipinski definition) is 6. The smallest absolute Gasteiger partial charge is 0.234 e. The predicted molar refractivity (Wildman–Crippen MR) is 81.7 cm³/mol. The van der Waals surface area contributed by atoms with Gasteiger partial charge < -0.3 is 16.8 Å². The Kier molecular flexibility index (Phi) is 4.65. The highest BCUT2D eigenvalue weighted by atomic mass is 35.5. The van der Waals surface area contributed by atoms with Crippen LogP contribution in [0.15, 0.2) is 35.5 Å². The van der Waals surface area contributed by atoms with Crippen LogP contribution in [0.3, 0.4) is 0 Å². The number of nitrogens with zero attached hydrogens (tertiary/aromatic N) is 2. The zero-order valence-corrected chi connectivity index (χ0v) is 11.9. The van der Waals surface area contributed by atoms with E-state index in [1.807, 2.05) is 0 Å². The van der Waals surface area contributed by atoms with E-state index in [9.17, 15) is 4.79 Å². The summed E-state index contributed by atoms with van der Waals surface area (Å²) < 4.78 is 0. The summed E-state index contributed by atoms with van der Waals surface area (Å²) in [5.41, 5.74) is 11.8. The van der Waals surface area contributed by atoms with Crippen LogP contribution >= 0.6 is 23.4 Å². The zero-order chi connectivity index (χ0) is 14.5. The molecule has 1 amide bonds. The van der Waals surface area contributed by atoms with E-state index in [1.54, 1.807) is 24.3 Å². The average Bonchev–Trinajstić information content (AvgIpc) is 2.38. The van der Waals surface area contributed by atoms with E-state index in [4.69, 9.17) is 23.1 Å². The summed E-state index contributed by atoms with van der Waals surface area (Å²) in [5.74, 6) is 0.532. The summed E-state index contributed by atoms with van der Waals surface area (Å²) in [6.45, 7) is 0. The molecule has 0 aliphatic heterocycles. The van der Waals surface area contributed by atoms with Gasteiger partial charge in [0.15, 0.2) is 5.16 Å². The van der Waals surface area contributed by atoms with Gasteiger partial charge in [0.2, 0.25) is 5.91 Å².